The third-order valence-electron chi connectivity index (χ3n) is 5.02. The predicted octanol–water partition coefficient (Wildman–Crippen LogP) is 5.30. The van der Waals surface area contributed by atoms with Crippen LogP contribution in [-0.4, -0.2) is 34.6 Å². The van der Waals surface area contributed by atoms with Gasteiger partial charge in [-0.1, -0.05) is 74.0 Å². The predicted molar refractivity (Wildman–Crippen MR) is 127 cm³/mol. The van der Waals surface area contributed by atoms with Gasteiger partial charge in [-0.05, 0) is 37.0 Å². The van der Waals surface area contributed by atoms with Gasteiger partial charge in [-0.25, -0.2) is 0 Å². The van der Waals surface area contributed by atoms with E-state index in [0.717, 1.165) is 17.7 Å². The van der Waals surface area contributed by atoms with E-state index >= 15 is 0 Å². The molecule has 0 aliphatic carbocycles. The fourth-order valence-corrected chi connectivity index (χ4v) is 4.15. The summed E-state index contributed by atoms with van der Waals surface area (Å²) in [6, 6.07) is 17.1. The van der Waals surface area contributed by atoms with Crippen LogP contribution in [0.5, 0.6) is 0 Å². The number of rotatable bonds is 11. The Labute approximate surface area is 189 Å². The van der Waals surface area contributed by atoms with E-state index < -0.39 is 6.04 Å². The zero-order valence-electron chi connectivity index (χ0n) is 17.9. The van der Waals surface area contributed by atoms with E-state index in [-0.39, 0.29) is 17.9 Å². The highest BCUT2D eigenvalue weighted by molar-refractivity contribution is 7.99. The average Bonchev–Trinajstić information content (AvgIpc) is 2.75. The third-order valence-corrected chi connectivity index (χ3v) is 6.38. The lowest BCUT2D eigenvalue weighted by Gasteiger charge is -2.31. The van der Waals surface area contributed by atoms with Crippen LogP contribution in [0.1, 0.15) is 44.7 Å². The van der Waals surface area contributed by atoms with Crippen LogP contribution in [-0.2, 0) is 21.9 Å². The van der Waals surface area contributed by atoms with Crippen LogP contribution in [0.25, 0.3) is 0 Å². The van der Waals surface area contributed by atoms with Crippen LogP contribution in [0, 0.1) is 0 Å². The Bertz CT molecular complexity index is 816. The van der Waals surface area contributed by atoms with E-state index in [1.54, 1.807) is 16.7 Å². The van der Waals surface area contributed by atoms with E-state index in [4.69, 9.17) is 11.6 Å². The van der Waals surface area contributed by atoms with Crippen LogP contribution >= 0.6 is 23.4 Å². The summed E-state index contributed by atoms with van der Waals surface area (Å²) in [6.45, 7) is 6.25. The highest BCUT2D eigenvalue weighted by Crippen LogP contribution is 2.21. The zero-order chi connectivity index (χ0) is 21.9. The van der Waals surface area contributed by atoms with Gasteiger partial charge in [0.2, 0.25) is 11.8 Å². The quantitative estimate of drug-likeness (QED) is 0.509. The Morgan fingerprint density at radius 2 is 1.70 bits per heavy atom. The van der Waals surface area contributed by atoms with Crippen molar-refractivity contribution in [2.75, 3.05) is 5.75 Å². The smallest absolute Gasteiger partial charge is 0.243 e. The normalized spacial score (nSPS) is 12.8. The Morgan fingerprint density at radius 1 is 1.03 bits per heavy atom. The number of carbonyl (C=O) groups excluding carboxylic acids is 2. The van der Waals surface area contributed by atoms with Gasteiger partial charge in [-0.2, -0.15) is 0 Å². The summed E-state index contributed by atoms with van der Waals surface area (Å²) < 4.78 is 0. The van der Waals surface area contributed by atoms with E-state index in [1.807, 2.05) is 75.4 Å². The zero-order valence-corrected chi connectivity index (χ0v) is 19.5. The lowest BCUT2D eigenvalue weighted by Crippen LogP contribution is -2.51. The number of nitrogens with one attached hydrogen (secondary N) is 1. The van der Waals surface area contributed by atoms with Crippen molar-refractivity contribution in [2.45, 2.75) is 58.0 Å². The number of hydrogen-bond donors (Lipinski definition) is 1. The van der Waals surface area contributed by atoms with Gasteiger partial charge in [0.1, 0.15) is 6.04 Å². The SMILES string of the molecule is CC[C@H](C(=O)N[C@@H](C)CC)N(Cc1ccccc1Cl)C(=O)CSCc1ccccc1. The molecule has 2 atom stereocenters. The Hall–Kier alpha value is -1.98. The van der Waals surface area contributed by atoms with E-state index in [9.17, 15) is 9.59 Å². The molecule has 0 aliphatic heterocycles. The molecule has 2 aromatic carbocycles. The second-order valence-corrected chi connectivity index (χ2v) is 8.73. The third kappa shape index (κ3) is 7.37. The molecule has 4 nitrogen and oxygen atoms in total. The molecular formula is C24H31ClN2O2S. The van der Waals surface area contributed by atoms with Gasteiger partial charge < -0.3 is 10.2 Å². The Kier molecular flexibility index (Phi) is 10.2. The molecule has 0 bridgehead atoms. The Morgan fingerprint density at radius 3 is 2.33 bits per heavy atom. The minimum atomic E-state index is -0.528. The van der Waals surface area contributed by atoms with Crippen LogP contribution < -0.4 is 5.32 Å². The minimum absolute atomic E-state index is 0.0537. The van der Waals surface area contributed by atoms with Crippen molar-refractivity contribution < 1.29 is 9.59 Å². The average molecular weight is 447 g/mol. The van der Waals surface area contributed by atoms with Crippen molar-refractivity contribution in [1.82, 2.24) is 10.2 Å². The number of hydrogen-bond acceptors (Lipinski definition) is 3. The lowest BCUT2D eigenvalue weighted by molar-refractivity contribution is -0.139. The monoisotopic (exact) mass is 446 g/mol. The van der Waals surface area contributed by atoms with Gasteiger partial charge in [-0.15, -0.1) is 11.8 Å². The van der Waals surface area contributed by atoms with Gasteiger partial charge in [-0.3, -0.25) is 9.59 Å². The Balaban J connectivity index is 2.15. The first-order chi connectivity index (χ1) is 14.5. The molecule has 1 N–H and O–H groups in total. The van der Waals surface area contributed by atoms with Crippen LogP contribution in [0.3, 0.4) is 0 Å². The number of carbonyl (C=O) groups is 2. The minimum Gasteiger partial charge on any atom is -0.352 e. The summed E-state index contributed by atoms with van der Waals surface area (Å²) in [5, 5.41) is 3.63. The molecule has 0 saturated heterocycles. The molecule has 0 spiro atoms. The summed E-state index contributed by atoms with van der Waals surface area (Å²) in [4.78, 5) is 27.8. The molecule has 0 aromatic heterocycles. The van der Waals surface area contributed by atoms with Gasteiger partial charge in [0.15, 0.2) is 0 Å². The maximum absolute atomic E-state index is 13.2. The molecular weight excluding hydrogens is 416 g/mol. The van der Waals surface area contributed by atoms with Crippen molar-refractivity contribution in [3.8, 4) is 0 Å². The van der Waals surface area contributed by atoms with E-state index in [0.29, 0.717) is 23.7 Å². The molecule has 0 radical (unpaired) electrons. The van der Waals surface area contributed by atoms with Crippen LogP contribution in [0.4, 0.5) is 0 Å². The summed E-state index contributed by atoms with van der Waals surface area (Å²) in [6.07, 6.45) is 1.38. The first-order valence-electron chi connectivity index (χ1n) is 10.4. The van der Waals surface area contributed by atoms with Crippen molar-refractivity contribution in [2.24, 2.45) is 0 Å². The topological polar surface area (TPSA) is 49.4 Å². The van der Waals surface area contributed by atoms with Gasteiger partial charge in [0, 0.05) is 23.4 Å². The van der Waals surface area contributed by atoms with Gasteiger partial charge in [0.25, 0.3) is 0 Å². The molecule has 0 heterocycles. The van der Waals surface area contributed by atoms with E-state index in [2.05, 4.69) is 5.32 Å². The van der Waals surface area contributed by atoms with Crippen LogP contribution in [0.2, 0.25) is 5.02 Å². The number of thioether (sulfide) groups is 1. The molecule has 6 heteroatoms. The highest BCUT2D eigenvalue weighted by atomic mass is 35.5. The number of halogens is 1. The molecule has 0 unspecified atom stereocenters. The standard InChI is InChI=1S/C24H31ClN2O2S/c1-4-18(3)26-24(29)22(5-2)27(15-20-13-9-10-14-21(20)25)23(28)17-30-16-19-11-7-6-8-12-19/h6-14,18,22H,4-5,15-17H2,1-3H3,(H,26,29)/t18-,22+/m0/s1. The van der Waals surface area contributed by atoms with Gasteiger partial charge in [0.05, 0.1) is 5.75 Å². The van der Waals surface area contributed by atoms with Crippen molar-refractivity contribution in [1.29, 1.82) is 0 Å². The van der Waals surface area contributed by atoms with Crippen molar-refractivity contribution in [3.63, 3.8) is 0 Å². The second-order valence-electron chi connectivity index (χ2n) is 7.33. The van der Waals surface area contributed by atoms with Crippen LogP contribution in [0.15, 0.2) is 54.6 Å². The highest BCUT2D eigenvalue weighted by Gasteiger charge is 2.29. The number of benzene rings is 2. The number of nitrogens with zero attached hydrogens (tertiary/aromatic N) is 1. The maximum Gasteiger partial charge on any atom is 0.243 e. The second kappa shape index (κ2) is 12.7. The van der Waals surface area contributed by atoms with E-state index in [1.165, 1.54) is 5.56 Å². The first-order valence-corrected chi connectivity index (χ1v) is 11.9. The summed E-state index contributed by atoms with van der Waals surface area (Å²) >= 11 is 7.91. The fraction of sp³-hybridized carbons (Fsp3) is 0.417. The molecule has 0 fully saturated rings. The lowest BCUT2D eigenvalue weighted by atomic mass is 10.1. The molecule has 0 saturated carbocycles. The summed E-state index contributed by atoms with van der Waals surface area (Å²) in [7, 11) is 0. The summed E-state index contributed by atoms with van der Waals surface area (Å²) in [5.41, 5.74) is 2.02. The van der Waals surface area contributed by atoms with Crippen molar-refractivity contribution >= 4 is 35.2 Å². The van der Waals surface area contributed by atoms with Crippen molar-refractivity contribution in [3.05, 3.63) is 70.7 Å². The molecule has 162 valence electrons. The summed E-state index contributed by atoms with van der Waals surface area (Å²) in [5.74, 6) is 0.900. The first kappa shape index (κ1) is 24.3. The van der Waals surface area contributed by atoms with Gasteiger partial charge >= 0.3 is 0 Å². The maximum atomic E-state index is 13.2. The molecule has 2 aromatic rings. The molecule has 30 heavy (non-hydrogen) atoms. The molecule has 0 aliphatic rings. The largest absolute Gasteiger partial charge is 0.352 e. The molecule has 2 rings (SSSR count). The fourth-order valence-electron chi connectivity index (χ4n) is 3.08. The molecule has 2 amide bonds. The number of amides is 2.